The molecule has 0 spiro atoms. The number of nitrogens with zero attached hydrogens (tertiary/aromatic N) is 5. The molecule has 3 heterocycles. The molecule has 0 unspecified atom stereocenters. The fourth-order valence-electron chi connectivity index (χ4n) is 3.86. The first-order valence-corrected chi connectivity index (χ1v) is 13.8. The number of rotatable bonds is 7. The van der Waals surface area contributed by atoms with Gasteiger partial charge in [0.2, 0.25) is 5.95 Å². The van der Waals surface area contributed by atoms with Gasteiger partial charge in [-0.25, -0.2) is 32.4 Å². The van der Waals surface area contributed by atoms with Crippen molar-refractivity contribution in [3.8, 4) is 16.9 Å². The third kappa shape index (κ3) is 5.63. The number of halogens is 1. The van der Waals surface area contributed by atoms with E-state index in [1.807, 2.05) is 13.0 Å². The number of amides is 1. The Morgan fingerprint density at radius 2 is 1.77 bits per heavy atom. The second kappa shape index (κ2) is 10.5. The smallest absolute Gasteiger partial charge is 0.276 e. The normalized spacial score (nSPS) is 11.3. The number of nitrogen functional groups attached to an aromatic ring is 1. The van der Waals surface area contributed by atoms with Crippen LogP contribution in [0, 0.1) is 12.7 Å². The molecule has 5 aromatic rings. The lowest BCUT2D eigenvalue weighted by Gasteiger charge is -2.12. The molecule has 40 heavy (non-hydrogen) atoms. The molecule has 13 heteroatoms. The van der Waals surface area contributed by atoms with Gasteiger partial charge in [0.25, 0.3) is 5.91 Å². The number of carbonyl (C=O) groups is 1. The fraction of sp³-hybridized carbons (Fsp3) is 0.0741. The number of anilines is 4. The van der Waals surface area contributed by atoms with Gasteiger partial charge < -0.3 is 16.4 Å². The predicted octanol–water partition coefficient (Wildman–Crippen LogP) is 4.15. The highest BCUT2D eigenvalue weighted by Gasteiger charge is 2.22. The highest BCUT2D eigenvalue weighted by atomic mass is 32.2. The molecule has 0 saturated heterocycles. The molecule has 11 nitrogen and oxygen atoms in total. The summed E-state index contributed by atoms with van der Waals surface area (Å²) in [4.78, 5) is 26.0. The average Bonchev–Trinajstić information content (AvgIpc) is 3.38. The van der Waals surface area contributed by atoms with Crippen molar-refractivity contribution in [2.24, 2.45) is 0 Å². The van der Waals surface area contributed by atoms with Crippen molar-refractivity contribution in [1.82, 2.24) is 24.7 Å². The second-order valence-electron chi connectivity index (χ2n) is 8.84. The van der Waals surface area contributed by atoms with Crippen molar-refractivity contribution in [3.05, 3.63) is 96.2 Å². The molecule has 1 amide bonds. The fourth-order valence-corrected chi connectivity index (χ4v) is 4.65. The molecular weight excluding hydrogens is 535 g/mol. The van der Waals surface area contributed by atoms with Crippen molar-refractivity contribution in [1.29, 1.82) is 0 Å². The molecule has 2 aromatic carbocycles. The van der Waals surface area contributed by atoms with E-state index >= 15 is 0 Å². The number of carbonyl (C=O) groups excluding carboxylic acids is 1. The lowest BCUT2D eigenvalue weighted by atomic mass is 10.1. The average molecular weight is 559 g/mol. The zero-order valence-electron chi connectivity index (χ0n) is 21.3. The van der Waals surface area contributed by atoms with E-state index in [0.717, 1.165) is 16.5 Å². The summed E-state index contributed by atoms with van der Waals surface area (Å²) >= 11 is 0. The van der Waals surface area contributed by atoms with Crippen molar-refractivity contribution < 1.29 is 17.6 Å². The van der Waals surface area contributed by atoms with Crippen molar-refractivity contribution in [2.75, 3.05) is 22.6 Å². The van der Waals surface area contributed by atoms with Gasteiger partial charge in [-0.3, -0.25) is 4.79 Å². The molecule has 5 rings (SSSR count). The summed E-state index contributed by atoms with van der Waals surface area (Å²) < 4.78 is 39.2. The molecule has 0 aliphatic carbocycles. The Balaban J connectivity index is 1.40. The Morgan fingerprint density at radius 1 is 1.00 bits per heavy atom. The predicted molar refractivity (Wildman–Crippen MR) is 149 cm³/mol. The zero-order chi connectivity index (χ0) is 28.4. The Hall–Kier alpha value is -5.17. The first-order chi connectivity index (χ1) is 19.1. The van der Waals surface area contributed by atoms with Crippen LogP contribution in [0.4, 0.5) is 27.5 Å². The maximum absolute atomic E-state index is 13.4. The Kier molecular flexibility index (Phi) is 6.96. The molecule has 0 bridgehead atoms. The molecule has 0 saturated carbocycles. The van der Waals surface area contributed by atoms with E-state index in [4.69, 9.17) is 5.73 Å². The highest BCUT2D eigenvalue weighted by molar-refractivity contribution is 7.90. The molecule has 0 aliphatic rings. The molecule has 0 atom stereocenters. The summed E-state index contributed by atoms with van der Waals surface area (Å²) in [5, 5.41) is 9.86. The van der Waals surface area contributed by atoms with Crippen molar-refractivity contribution >= 4 is 38.9 Å². The van der Waals surface area contributed by atoms with E-state index in [9.17, 15) is 17.6 Å². The van der Waals surface area contributed by atoms with E-state index in [1.54, 1.807) is 42.7 Å². The van der Waals surface area contributed by atoms with Crippen LogP contribution in [0.3, 0.4) is 0 Å². The molecule has 202 valence electrons. The number of sulfone groups is 1. The van der Waals surface area contributed by atoms with Crippen LogP contribution in [0.25, 0.3) is 16.9 Å². The van der Waals surface area contributed by atoms with Gasteiger partial charge in [-0.2, -0.15) is 5.10 Å². The van der Waals surface area contributed by atoms with Gasteiger partial charge in [-0.15, -0.1) is 0 Å². The van der Waals surface area contributed by atoms with Crippen molar-refractivity contribution in [2.45, 2.75) is 11.9 Å². The van der Waals surface area contributed by atoms with E-state index < -0.39 is 21.6 Å². The monoisotopic (exact) mass is 558 g/mol. The molecular formula is C27H23FN8O3S. The number of nitrogens with two attached hydrogens (primary N) is 1. The number of aromatic nitrogens is 5. The summed E-state index contributed by atoms with van der Waals surface area (Å²) in [5.41, 5.74) is 9.29. The van der Waals surface area contributed by atoms with E-state index in [-0.39, 0.29) is 16.4 Å². The molecule has 3 aromatic heterocycles. The Labute approximate surface area is 228 Å². The zero-order valence-corrected chi connectivity index (χ0v) is 22.1. The first-order valence-electron chi connectivity index (χ1n) is 11.9. The first kappa shape index (κ1) is 26.4. The highest BCUT2D eigenvalue weighted by Crippen LogP contribution is 2.26. The number of pyridine rings is 1. The van der Waals surface area contributed by atoms with Crippen LogP contribution in [0.2, 0.25) is 0 Å². The van der Waals surface area contributed by atoms with Gasteiger partial charge in [0, 0.05) is 41.7 Å². The third-order valence-corrected chi connectivity index (χ3v) is 6.92. The van der Waals surface area contributed by atoms with Gasteiger partial charge >= 0.3 is 0 Å². The number of nitrogens with one attached hydrogen (secondary N) is 2. The lowest BCUT2D eigenvalue weighted by molar-refractivity contribution is 0.102. The molecule has 0 aliphatic heterocycles. The number of hydrogen-bond acceptors (Lipinski definition) is 9. The van der Waals surface area contributed by atoms with E-state index in [2.05, 4.69) is 30.7 Å². The van der Waals surface area contributed by atoms with Gasteiger partial charge in [-0.1, -0.05) is 6.07 Å². The summed E-state index contributed by atoms with van der Waals surface area (Å²) in [7, 11) is -3.76. The summed E-state index contributed by atoms with van der Waals surface area (Å²) in [6.45, 7) is 1.87. The van der Waals surface area contributed by atoms with E-state index in [1.165, 1.54) is 30.3 Å². The quantitative estimate of drug-likeness (QED) is 0.267. The summed E-state index contributed by atoms with van der Waals surface area (Å²) in [6, 6.07) is 16.7. The van der Waals surface area contributed by atoms with Gasteiger partial charge in [0.1, 0.15) is 11.6 Å². The molecule has 0 radical (unpaired) electrons. The van der Waals surface area contributed by atoms with Crippen LogP contribution >= 0.6 is 0 Å². The van der Waals surface area contributed by atoms with Crippen molar-refractivity contribution in [3.63, 3.8) is 0 Å². The van der Waals surface area contributed by atoms with Gasteiger partial charge in [0.05, 0.1) is 11.4 Å². The van der Waals surface area contributed by atoms with Gasteiger partial charge in [-0.05, 0) is 67.1 Å². The SMILES string of the molecule is Cc1ccc(NC(=O)c2cc(S(C)(=O)=O)n(-c3ccc(F)cc3)n2)cc1Nc1nccc(-c2cccnc2N)n1. The second-order valence-corrected chi connectivity index (χ2v) is 10.8. The third-order valence-electron chi connectivity index (χ3n) is 5.87. The maximum Gasteiger partial charge on any atom is 0.276 e. The van der Waals surface area contributed by atoms with Crippen LogP contribution in [-0.4, -0.2) is 45.3 Å². The molecule has 0 fully saturated rings. The maximum atomic E-state index is 13.4. The number of benzene rings is 2. The van der Waals surface area contributed by atoms with Crippen LogP contribution in [0.15, 0.2) is 84.1 Å². The van der Waals surface area contributed by atoms with Crippen LogP contribution < -0.4 is 16.4 Å². The Bertz CT molecular complexity index is 1840. The minimum Gasteiger partial charge on any atom is -0.383 e. The molecule has 4 N–H and O–H groups in total. The lowest BCUT2D eigenvalue weighted by Crippen LogP contribution is -2.13. The van der Waals surface area contributed by atoms with Crippen LogP contribution in [0.5, 0.6) is 0 Å². The minimum absolute atomic E-state index is 0.134. The van der Waals surface area contributed by atoms with Gasteiger partial charge in [0.15, 0.2) is 20.6 Å². The largest absolute Gasteiger partial charge is 0.383 e. The minimum atomic E-state index is -3.76. The van der Waals surface area contributed by atoms with Crippen LogP contribution in [-0.2, 0) is 9.84 Å². The number of hydrogen-bond donors (Lipinski definition) is 3. The summed E-state index contributed by atoms with van der Waals surface area (Å²) in [5.74, 6) is -0.472. The topological polar surface area (TPSA) is 158 Å². The van der Waals surface area contributed by atoms with E-state index in [0.29, 0.717) is 34.4 Å². The van der Waals surface area contributed by atoms with Crippen LogP contribution in [0.1, 0.15) is 16.1 Å². The number of aryl methyl sites for hydroxylation is 1. The Morgan fingerprint density at radius 3 is 2.50 bits per heavy atom. The summed E-state index contributed by atoms with van der Waals surface area (Å²) in [6.07, 6.45) is 4.19. The standard InChI is InChI=1S/C27H23FN8O3S/c1-16-5-8-18(14-22(16)34-27-31-13-11-21(33-27)20-4-3-12-30-25(20)29)32-26(37)23-15-24(40(2,38)39)36(35-23)19-9-6-17(28)7-10-19/h3-15H,1-2H3,(H2,29,30)(H,32,37)(H,31,33,34).